The number of amides is 1. The van der Waals surface area contributed by atoms with Gasteiger partial charge in [-0.15, -0.1) is 0 Å². The van der Waals surface area contributed by atoms with Gasteiger partial charge < -0.3 is 10.2 Å². The Morgan fingerprint density at radius 1 is 1.32 bits per heavy atom. The monoisotopic (exact) mass is 302 g/mol. The number of benzene rings is 1. The zero-order valence-corrected chi connectivity index (χ0v) is 14.5. The molecule has 3 heteroatoms. The van der Waals surface area contributed by atoms with Gasteiger partial charge in [0.15, 0.2) is 0 Å². The first-order valence-electron chi connectivity index (χ1n) is 8.40. The van der Waals surface area contributed by atoms with Crippen LogP contribution in [0.15, 0.2) is 24.3 Å². The van der Waals surface area contributed by atoms with Crippen molar-refractivity contribution in [2.24, 2.45) is 5.92 Å². The highest BCUT2D eigenvalue weighted by Gasteiger charge is 2.25. The second-order valence-electron chi connectivity index (χ2n) is 7.40. The van der Waals surface area contributed by atoms with Gasteiger partial charge in [0, 0.05) is 25.4 Å². The van der Waals surface area contributed by atoms with Gasteiger partial charge in [-0.2, -0.15) is 0 Å². The molecule has 1 saturated heterocycles. The molecule has 1 aliphatic rings. The molecular formula is C19H30N2O. The molecule has 1 unspecified atom stereocenters. The number of hydrogen-bond donors (Lipinski definition) is 1. The maximum absolute atomic E-state index is 12.4. The molecule has 1 atom stereocenters. The molecule has 1 heterocycles. The minimum Gasteiger partial charge on any atom is -0.345 e. The number of carbonyl (C=O) groups excluding carboxylic acids is 1. The molecule has 1 fully saturated rings. The smallest absolute Gasteiger partial charge is 0.222 e. The Labute approximate surface area is 135 Å². The van der Waals surface area contributed by atoms with E-state index in [2.05, 4.69) is 50.4 Å². The zero-order chi connectivity index (χ0) is 16.2. The van der Waals surface area contributed by atoms with Gasteiger partial charge >= 0.3 is 0 Å². The summed E-state index contributed by atoms with van der Waals surface area (Å²) in [4.78, 5) is 14.3. The van der Waals surface area contributed by atoms with Gasteiger partial charge in [-0.3, -0.25) is 4.79 Å². The van der Waals surface area contributed by atoms with Crippen LogP contribution in [-0.4, -0.2) is 37.5 Å². The second kappa shape index (κ2) is 7.28. The third-order valence-electron chi connectivity index (χ3n) is 4.82. The fourth-order valence-electron chi connectivity index (χ4n) is 3.26. The summed E-state index contributed by atoms with van der Waals surface area (Å²) in [5.41, 5.74) is 2.54. The van der Waals surface area contributed by atoms with Crippen molar-refractivity contribution in [3.05, 3.63) is 35.4 Å². The van der Waals surface area contributed by atoms with E-state index in [0.717, 1.165) is 26.1 Å². The number of rotatable bonds is 6. The first kappa shape index (κ1) is 17.0. The van der Waals surface area contributed by atoms with Crippen molar-refractivity contribution in [3.63, 3.8) is 0 Å². The summed E-state index contributed by atoms with van der Waals surface area (Å²) in [6, 6.07) is 8.65. The lowest BCUT2D eigenvalue weighted by atomic mass is 9.83. The molecule has 1 amide bonds. The lowest BCUT2D eigenvalue weighted by Gasteiger charge is -2.31. The number of likely N-dealkylation sites (N-methyl/N-ethyl adjacent to an activating group) is 1. The maximum atomic E-state index is 12.4. The maximum Gasteiger partial charge on any atom is 0.222 e. The van der Waals surface area contributed by atoms with Gasteiger partial charge in [-0.25, -0.2) is 0 Å². The predicted octanol–water partition coefficient (Wildman–Crippen LogP) is 3.12. The Morgan fingerprint density at radius 2 is 2.00 bits per heavy atom. The molecule has 0 spiro atoms. The Bertz CT molecular complexity index is 487. The van der Waals surface area contributed by atoms with Crippen LogP contribution in [0.25, 0.3) is 0 Å². The van der Waals surface area contributed by atoms with Crippen LogP contribution in [0.4, 0.5) is 0 Å². The third-order valence-corrected chi connectivity index (χ3v) is 4.82. The van der Waals surface area contributed by atoms with Crippen molar-refractivity contribution in [1.82, 2.24) is 10.2 Å². The van der Waals surface area contributed by atoms with Crippen molar-refractivity contribution in [3.8, 4) is 0 Å². The molecule has 1 N–H and O–H groups in total. The van der Waals surface area contributed by atoms with E-state index in [1.165, 1.54) is 17.5 Å². The summed E-state index contributed by atoms with van der Waals surface area (Å²) in [6.45, 7) is 9.47. The number of hydrogen-bond acceptors (Lipinski definition) is 2. The van der Waals surface area contributed by atoms with Crippen LogP contribution in [-0.2, 0) is 10.2 Å². The number of carbonyl (C=O) groups is 1. The number of aryl methyl sites for hydroxylation is 1. The molecule has 3 nitrogen and oxygen atoms in total. The van der Waals surface area contributed by atoms with Gasteiger partial charge in [-0.1, -0.05) is 43.7 Å². The first-order valence-corrected chi connectivity index (χ1v) is 8.40. The second-order valence-corrected chi connectivity index (χ2v) is 7.40. The van der Waals surface area contributed by atoms with Crippen molar-refractivity contribution in [1.29, 1.82) is 0 Å². The van der Waals surface area contributed by atoms with Crippen LogP contribution < -0.4 is 5.32 Å². The Balaban J connectivity index is 1.87. The minimum absolute atomic E-state index is 0.0208. The van der Waals surface area contributed by atoms with Crippen LogP contribution in [0.5, 0.6) is 0 Å². The highest BCUT2D eigenvalue weighted by Crippen LogP contribution is 2.25. The number of nitrogens with zero attached hydrogens (tertiary/aromatic N) is 1. The molecule has 0 saturated carbocycles. The highest BCUT2D eigenvalue weighted by atomic mass is 16.2. The summed E-state index contributed by atoms with van der Waals surface area (Å²) >= 11 is 0. The molecule has 2 rings (SSSR count). The summed E-state index contributed by atoms with van der Waals surface area (Å²) in [7, 11) is 1.94. The number of nitrogens with one attached hydrogen (secondary N) is 1. The van der Waals surface area contributed by atoms with E-state index in [1.54, 1.807) is 0 Å². The zero-order valence-electron chi connectivity index (χ0n) is 14.5. The van der Waals surface area contributed by atoms with Crippen molar-refractivity contribution in [2.75, 3.05) is 26.7 Å². The van der Waals surface area contributed by atoms with E-state index < -0.39 is 0 Å². The van der Waals surface area contributed by atoms with Gasteiger partial charge in [0.05, 0.1) is 0 Å². The summed E-state index contributed by atoms with van der Waals surface area (Å²) in [5.74, 6) is 0.953. The van der Waals surface area contributed by atoms with E-state index in [9.17, 15) is 4.79 Å². The molecule has 0 bridgehead atoms. The normalized spacial score (nSPS) is 18.5. The van der Waals surface area contributed by atoms with Crippen LogP contribution in [0.3, 0.4) is 0 Å². The van der Waals surface area contributed by atoms with Crippen molar-refractivity contribution >= 4 is 5.91 Å². The van der Waals surface area contributed by atoms with E-state index in [4.69, 9.17) is 0 Å². The molecule has 1 aliphatic heterocycles. The van der Waals surface area contributed by atoms with Crippen LogP contribution in [0.2, 0.25) is 0 Å². The van der Waals surface area contributed by atoms with Crippen molar-refractivity contribution in [2.45, 2.75) is 45.4 Å². The molecular weight excluding hydrogens is 272 g/mol. The van der Waals surface area contributed by atoms with Gasteiger partial charge in [0.2, 0.25) is 5.91 Å². The molecule has 1 aromatic rings. The fourth-order valence-corrected chi connectivity index (χ4v) is 3.26. The van der Waals surface area contributed by atoms with Crippen LogP contribution in [0.1, 0.15) is 44.2 Å². The van der Waals surface area contributed by atoms with Crippen molar-refractivity contribution < 1.29 is 4.79 Å². The minimum atomic E-state index is -0.0208. The van der Waals surface area contributed by atoms with Gasteiger partial charge in [0.1, 0.15) is 0 Å². The Morgan fingerprint density at radius 3 is 2.59 bits per heavy atom. The van der Waals surface area contributed by atoms with E-state index in [1.807, 2.05) is 11.9 Å². The largest absolute Gasteiger partial charge is 0.345 e. The average Bonchev–Trinajstić information content (AvgIpc) is 2.98. The van der Waals surface area contributed by atoms with E-state index in [-0.39, 0.29) is 11.3 Å². The summed E-state index contributed by atoms with van der Waals surface area (Å²) in [5, 5.41) is 3.36. The van der Waals surface area contributed by atoms with E-state index >= 15 is 0 Å². The topological polar surface area (TPSA) is 32.3 Å². The Kier molecular flexibility index (Phi) is 5.63. The standard InChI is InChI=1S/C19H30N2O/c1-15-5-8-17(9-6-15)19(2,3)14-21(4)18(22)10-7-16-11-12-20-13-16/h5-6,8-9,16,20H,7,10-14H2,1-4H3. The quantitative estimate of drug-likeness (QED) is 0.875. The molecule has 0 aliphatic carbocycles. The van der Waals surface area contributed by atoms with Crippen LogP contribution in [0, 0.1) is 12.8 Å². The highest BCUT2D eigenvalue weighted by molar-refractivity contribution is 5.76. The summed E-state index contributed by atoms with van der Waals surface area (Å²) in [6.07, 6.45) is 2.90. The van der Waals surface area contributed by atoms with Gasteiger partial charge in [-0.05, 0) is 44.3 Å². The first-order chi connectivity index (χ1) is 10.4. The lowest BCUT2D eigenvalue weighted by Crippen LogP contribution is -2.38. The Hall–Kier alpha value is -1.35. The molecule has 0 aromatic heterocycles. The molecule has 122 valence electrons. The SMILES string of the molecule is Cc1ccc(C(C)(C)CN(C)C(=O)CCC2CCNC2)cc1. The third kappa shape index (κ3) is 4.57. The lowest BCUT2D eigenvalue weighted by molar-refractivity contribution is -0.130. The average molecular weight is 302 g/mol. The van der Waals surface area contributed by atoms with Gasteiger partial charge in [0.25, 0.3) is 0 Å². The van der Waals surface area contributed by atoms with Crippen LogP contribution >= 0.6 is 0 Å². The van der Waals surface area contributed by atoms with E-state index in [0.29, 0.717) is 12.3 Å². The fraction of sp³-hybridized carbons (Fsp3) is 0.632. The molecule has 22 heavy (non-hydrogen) atoms. The summed E-state index contributed by atoms with van der Waals surface area (Å²) < 4.78 is 0. The molecule has 0 radical (unpaired) electrons. The predicted molar refractivity (Wildman–Crippen MR) is 92.1 cm³/mol. The molecule has 1 aromatic carbocycles.